The Morgan fingerprint density at radius 2 is 2.04 bits per heavy atom. The molecular formula is C19H24N2OS. The van der Waals surface area contributed by atoms with E-state index >= 15 is 0 Å². The lowest BCUT2D eigenvalue weighted by atomic mass is 9.92. The minimum absolute atomic E-state index is 0.0208. The van der Waals surface area contributed by atoms with Gasteiger partial charge in [0.25, 0.3) is 0 Å². The van der Waals surface area contributed by atoms with Crippen LogP contribution in [-0.4, -0.2) is 10.9 Å². The number of nitrogens with one attached hydrogen (secondary N) is 1. The van der Waals surface area contributed by atoms with Crippen LogP contribution in [0.2, 0.25) is 0 Å². The number of carbonyl (C=O) groups excluding carboxylic acids is 1. The first-order valence-corrected chi connectivity index (χ1v) is 9.28. The van der Waals surface area contributed by atoms with Gasteiger partial charge in [0.05, 0.1) is 12.0 Å². The summed E-state index contributed by atoms with van der Waals surface area (Å²) in [5.74, 6) is 1.14. The largest absolute Gasteiger partial charge is 0.346 e. The highest BCUT2D eigenvalue weighted by Crippen LogP contribution is 2.43. The van der Waals surface area contributed by atoms with Crippen molar-refractivity contribution in [2.75, 3.05) is 0 Å². The van der Waals surface area contributed by atoms with Crippen LogP contribution in [0.3, 0.4) is 0 Å². The molecule has 1 aromatic heterocycles. The van der Waals surface area contributed by atoms with Crippen LogP contribution in [0, 0.1) is 11.8 Å². The van der Waals surface area contributed by atoms with E-state index in [0.29, 0.717) is 11.8 Å². The second kappa shape index (κ2) is 7.26. The lowest BCUT2D eigenvalue weighted by Crippen LogP contribution is -2.34. The highest BCUT2D eigenvalue weighted by atomic mass is 32.1. The van der Waals surface area contributed by atoms with Gasteiger partial charge in [-0.1, -0.05) is 44.2 Å². The molecule has 2 unspecified atom stereocenters. The zero-order chi connectivity index (χ0) is 16.2. The quantitative estimate of drug-likeness (QED) is 0.811. The second-order valence-electron chi connectivity index (χ2n) is 6.79. The molecule has 0 aliphatic heterocycles. The standard InChI is InChI=1S/C19H24N2OS/c1-13(2)12-16(19-20-10-11-23-19)21-18(22)17(15-8-9-15)14-6-4-3-5-7-14/h3-7,10-11,13,15-17H,8-9,12H2,1-2H3,(H,21,22). The van der Waals surface area contributed by atoms with Gasteiger partial charge in [-0.2, -0.15) is 0 Å². The molecule has 2 aromatic rings. The van der Waals surface area contributed by atoms with Crippen molar-refractivity contribution in [2.45, 2.75) is 45.1 Å². The van der Waals surface area contributed by atoms with Gasteiger partial charge >= 0.3 is 0 Å². The maximum absolute atomic E-state index is 13.0. The van der Waals surface area contributed by atoms with Gasteiger partial charge in [-0.25, -0.2) is 4.98 Å². The molecule has 0 bridgehead atoms. The summed E-state index contributed by atoms with van der Waals surface area (Å²) in [5, 5.41) is 6.27. The molecule has 0 radical (unpaired) electrons. The average molecular weight is 328 g/mol. The molecule has 3 rings (SSSR count). The molecule has 2 atom stereocenters. The number of hydrogen-bond acceptors (Lipinski definition) is 3. The van der Waals surface area contributed by atoms with E-state index in [1.165, 1.54) is 0 Å². The predicted octanol–water partition coefficient (Wildman–Crippen LogP) is 4.54. The second-order valence-corrected chi connectivity index (χ2v) is 7.71. The fraction of sp³-hybridized carbons (Fsp3) is 0.474. The minimum Gasteiger partial charge on any atom is -0.346 e. The Hall–Kier alpha value is -1.68. The van der Waals surface area contributed by atoms with Crippen LogP contribution >= 0.6 is 11.3 Å². The molecule has 1 aliphatic rings. The number of hydrogen-bond donors (Lipinski definition) is 1. The molecule has 122 valence electrons. The summed E-state index contributed by atoms with van der Waals surface area (Å²) in [4.78, 5) is 17.4. The van der Waals surface area contributed by atoms with E-state index in [2.05, 4.69) is 36.3 Å². The molecule has 1 N–H and O–H groups in total. The van der Waals surface area contributed by atoms with Crippen LogP contribution < -0.4 is 5.32 Å². The van der Waals surface area contributed by atoms with Crippen LogP contribution in [0.4, 0.5) is 0 Å². The summed E-state index contributed by atoms with van der Waals surface area (Å²) in [7, 11) is 0. The number of thiazole rings is 1. The van der Waals surface area contributed by atoms with Gasteiger partial charge < -0.3 is 5.32 Å². The van der Waals surface area contributed by atoms with Crippen molar-refractivity contribution >= 4 is 17.2 Å². The Labute approximate surface area is 142 Å². The number of rotatable bonds is 7. The van der Waals surface area contributed by atoms with Crippen molar-refractivity contribution < 1.29 is 4.79 Å². The van der Waals surface area contributed by atoms with Gasteiger partial charge in [0.15, 0.2) is 0 Å². The molecule has 23 heavy (non-hydrogen) atoms. The molecule has 1 aliphatic carbocycles. The van der Waals surface area contributed by atoms with Crippen molar-refractivity contribution in [2.24, 2.45) is 11.8 Å². The van der Waals surface area contributed by atoms with Gasteiger partial charge in [0, 0.05) is 11.6 Å². The van der Waals surface area contributed by atoms with E-state index in [-0.39, 0.29) is 17.9 Å². The van der Waals surface area contributed by atoms with Crippen molar-refractivity contribution in [3.05, 3.63) is 52.5 Å². The fourth-order valence-electron chi connectivity index (χ4n) is 3.09. The highest BCUT2D eigenvalue weighted by Gasteiger charge is 2.38. The minimum atomic E-state index is -0.0224. The molecule has 1 fully saturated rings. The van der Waals surface area contributed by atoms with Crippen molar-refractivity contribution in [3.63, 3.8) is 0 Å². The third-order valence-electron chi connectivity index (χ3n) is 4.31. The molecule has 1 aromatic carbocycles. The summed E-state index contributed by atoms with van der Waals surface area (Å²) >= 11 is 1.62. The van der Waals surface area contributed by atoms with E-state index in [1.807, 2.05) is 29.8 Å². The average Bonchev–Trinajstić information content (AvgIpc) is 3.19. The Kier molecular flexibility index (Phi) is 5.11. The van der Waals surface area contributed by atoms with Gasteiger partial charge in [-0.15, -0.1) is 11.3 Å². The topological polar surface area (TPSA) is 42.0 Å². The summed E-state index contributed by atoms with van der Waals surface area (Å²) in [6.07, 6.45) is 5.04. The zero-order valence-electron chi connectivity index (χ0n) is 13.7. The number of benzene rings is 1. The van der Waals surface area contributed by atoms with Crippen LogP contribution in [0.25, 0.3) is 0 Å². The fourth-order valence-corrected chi connectivity index (χ4v) is 3.79. The molecule has 0 saturated heterocycles. The van der Waals surface area contributed by atoms with Crippen LogP contribution in [-0.2, 0) is 4.79 Å². The van der Waals surface area contributed by atoms with Crippen LogP contribution in [0.1, 0.15) is 55.6 Å². The van der Waals surface area contributed by atoms with Gasteiger partial charge in [-0.3, -0.25) is 4.79 Å². The Bertz CT molecular complexity index is 620. The molecule has 1 saturated carbocycles. The van der Waals surface area contributed by atoms with Gasteiger partial charge in [0.1, 0.15) is 5.01 Å². The first-order valence-electron chi connectivity index (χ1n) is 8.40. The summed E-state index contributed by atoms with van der Waals surface area (Å²) in [6.45, 7) is 4.37. The van der Waals surface area contributed by atoms with Gasteiger partial charge in [-0.05, 0) is 36.7 Å². The Balaban J connectivity index is 1.77. The lowest BCUT2D eigenvalue weighted by Gasteiger charge is -2.23. The maximum atomic E-state index is 13.0. The van der Waals surface area contributed by atoms with Crippen molar-refractivity contribution in [1.82, 2.24) is 10.3 Å². The van der Waals surface area contributed by atoms with E-state index in [0.717, 1.165) is 29.8 Å². The summed E-state index contributed by atoms with van der Waals surface area (Å²) in [5.41, 5.74) is 1.13. The van der Waals surface area contributed by atoms with E-state index in [9.17, 15) is 4.79 Å². The molecule has 4 heteroatoms. The number of aromatic nitrogens is 1. The predicted molar refractivity (Wildman–Crippen MR) is 94.4 cm³/mol. The van der Waals surface area contributed by atoms with Crippen LogP contribution in [0.5, 0.6) is 0 Å². The molecule has 3 nitrogen and oxygen atoms in total. The summed E-state index contributed by atoms with van der Waals surface area (Å²) < 4.78 is 0. The number of carbonyl (C=O) groups is 1. The van der Waals surface area contributed by atoms with E-state index in [1.54, 1.807) is 11.3 Å². The van der Waals surface area contributed by atoms with Crippen LogP contribution in [0.15, 0.2) is 41.9 Å². The molecular weight excluding hydrogens is 304 g/mol. The van der Waals surface area contributed by atoms with E-state index in [4.69, 9.17) is 0 Å². The number of amides is 1. The van der Waals surface area contributed by atoms with Crippen molar-refractivity contribution in [1.29, 1.82) is 0 Å². The normalized spacial score (nSPS) is 17.0. The first-order chi connectivity index (χ1) is 11.1. The van der Waals surface area contributed by atoms with E-state index < -0.39 is 0 Å². The highest BCUT2D eigenvalue weighted by molar-refractivity contribution is 7.09. The lowest BCUT2D eigenvalue weighted by molar-refractivity contribution is -0.123. The summed E-state index contributed by atoms with van der Waals surface area (Å²) in [6, 6.07) is 10.2. The third-order valence-corrected chi connectivity index (χ3v) is 5.20. The first kappa shape index (κ1) is 16.2. The number of nitrogens with zero attached hydrogens (tertiary/aromatic N) is 1. The maximum Gasteiger partial charge on any atom is 0.228 e. The van der Waals surface area contributed by atoms with Gasteiger partial charge in [0.2, 0.25) is 5.91 Å². The third kappa shape index (κ3) is 4.20. The Morgan fingerprint density at radius 1 is 1.30 bits per heavy atom. The van der Waals surface area contributed by atoms with Crippen molar-refractivity contribution in [3.8, 4) is 0 Å². The molecule has 1 heterocycles. The molecule has 1 amide bonds. The monoisotopic (exact) mass is 328 g/mol. The molecule has 0 spiro atoms. The Morgan fingerprint density at radius 3 is 2.61 bits per heavy atom. The smallest absolute Gasteiger partial charge is 0.228 e. The zero-order valence-corrected chi connectivity index (χ0v) is 14.6. The SMILES string of the molecule is CC(C)CC(NC(=O)C(c1ccccc1)C1CC1)c1nccs1.